The van der Waals surface area contributed by atoms with Crippen LogP contribution >= 0.6 is 11.6 Å². The van der Waals surface area contributed by atoms with E-state index >= 15 is 0 Å². The van der Waals surface area contributed by atoms with E-state index in [1.165, 1.54) is 4.68 Å². The van der Waals surface area contributed by atoms with Gasteiger partial charge >= 0.3 is 0 Å². The Kier molecular flexibility index (Phi) is 5.31. The predicted octanol–water partition coefficient (Wildman–Crippen LogP) is 3.21. The van der Waals surface area contributed by atoms with Crippen LogP contribution in [0.4, 0.5) is 10.2 Å². The highest BCUT2D eigenvalue weighted by Gasteiger charge is 2.16. The Bertz CT molecular complexity index is 909. The minimum absolute atomic E-state index is 0.356. The second-order valence-corrected chi connectivity index (χ2v) is 6.74. The second-order valence-electron chi connectivity index (χ2n) is 6.31. The van der Waals surface area contributed by atoms with E-state index in [9.17, 15) is 4.39 Å². The SMILES string of the molecule is FCc1ccn(-c2nc(Cc3ccc(Cl)cc3)cc(N3CCOCC3)n2)n1. The van der Waals surface area contributed by atoms with Crippen LogP contribution in [-0.4, -0.2) is 46.1 Å². The van der Waals surface area contributed by atoms with Crippen molar-refractivity contribution in [2.75, 3.05) is 31.2 Å². The summed E-state index contributed by atoms with van der Waals surface area (Å²) in [5.74, 6) is 1.26. The average Bonchev–Trinajstić information content (AvgIpc) is 3.20. The summed E-state index contributed by atoms with van der Waals surface area (Å²) in [6.45, 7) is 2.25. The molecule has 1 aliphatic heterocycles. The van der Waals surface area contributed by atoms with Gasteiger partial charge in [0.05, 0.1) is 24.6 Å². The molecule has 140 valence electrons. The standard InChI is InChI=1S/C19H19ClFN5O/c20-15-3-1-14(2-4-15)11-17-12-18(25-7-9-27-10-8-25)23-19(22-17)26-6-5-16(13-21)24-26/h1-6,12H,7-11,13H2. The van der Waals surface area contributed by atoms with Gasteiger partial charge in [0, 0.05) is 36.8 Å². The molecule has 0 spiro atoms. The van der Waals surface area contributed by atoms with Crippen LogP contribution in [0.2, 0.25) is 5.02 Å². The van der Waals surface area contributed by atoms with Gasteiger partial charge in [-0.2, -0.15) is 10.1 Å². The third-order valence-corrected chi connectivity index (χ3v) is 4.63. The summed E-state index contributed by atoms with van der Waals surface area (Å²) in [6, 6.07) is 11.3. The first-order chi connectivity index (χ1) is 13.2. The molecule has 1 fully saturated rings. The first-order valence-electron chi connectivity index (χ1n) is 8.77. The van der Waals surface area contributed by atoms with E-state index in [0.717, 1.165) is 30.2 Å². The van der Waals surface area contributed by atoms with Gasteiger partial charge < -0.3 is 9.64 Å². The number of hydrogen-bond donors (Lipinski definition) is 0. The van der Waals surface area contributed by atoms with Gasteiger partial charge in [0.2, 0.25) is 0 Å². The van der Waals surface area contributed by atoms with Gasteiger partial charge in [-0.05, 0) is 23.8 Å². The number of halogens is 2. The van der Waals surface area contributed by atoms with E-state index in [1.807, 2.05) is 30.3 Å². The molecule has 0 amide bonds. The minimum Gasteiger partial charge on any atom is -0.378 e. The number of morpholine rings is 1. The number of rotatable bonds is 5. The summed E-state index contributed by atoms with van der Waals surface area (Å²) >= 11 is 5.98. The van der Waals surface area contributed by atoms with Crippen LogP contribution in [0.1, 0.15) is 17.0 Å². The summed E-state index contributed by atoms with van der Waals surface area (Å²) < 4.78 is 19.8. The molecule has 0 saturated carbocycles. The summed E-state index contributed by atoms with van der Waals surface area (Å²) in [7, 11) is 0. The second kappa shape index (κ2) is 8.02. The molecule has 6 nitrogen and oxygen atoms in total. The van der Waals surface area contributed by atoms with Gasteiger partial charge in [0.15, 0.2) is 0 Å². The maximum atomic E-state index is 12.9. The van der Waals surface area contributed by atoms with Crippen LogP contribution in [0.5, 0.6) is 0 Å². The van der Waals surface area contributed by atoms with E-state index in [1.54, 1.807) is 12.3 Å². The van der Waals surface area contributed by atoms with Crippen molar-refractivity contribution in [2.45, 2.75) is 13.1 Å². The molecule has 3 aromatic rings. The molecular formula is C19H19ClFN5O. The van der Waals surface area contributed by atoms with Crippen LogP contribution in [0.15, 0.2) is 42.6 Å². The largest absolute Gasteiger partial charge is 0.378 e. The van der Waals surface area contributed by atoms with Crippen molar-refractivity contribution >= 4 is 17.4 Å². The lowest BCUT2D eigenvalue weighted by molar-refractivity contribution is 0.122. The highest BCUT2D eigenvalue weighted by atomic mass is 35.5. The van der Waals surface area contributed by atoms with Crippen LogP contribution < -0.4 is 4.90 Å². The molecule has 1 saturated heterocycles. The third kappa shape index (κ3) is 4.26. The molecule has 4 rings (SSSR count). The Labute approximate surface area is 161 Å². The molecule has 0 unspecified atom stereocenters. The van der Waals surface area contributed by atoms with Gasteiger partial charge in [-0.1, -0.05) is 23.7 Å². The van der Waals surface area contributed by atoms with Crippen LogP contribution in [-0.2, 0) is 17.8 Å². The molecule has 8 heteroatoms. The molecule has 0 atom stereocenters. The van der Waals surface area contributed by atoms with Gasteiger partial charge in [-0.25, -0.2) is 14.1 Å². The normalized spacial score (nSPS) is 14.5. The quantitative estimate of drug-likeness (QED) is 0.672. The zero-order chi connectivity index (χ0) is 18.6. The first-order valence-corrected chi connectivity index (χ1v) is 9.15. The molecule has 0 N–H and O–H groups in total. The third-order valence-electron chi connectivity index (χ3n) is 4.37. The van der Waals surface area contributed by atoms with Crippen LogP contribution in [0.3, 0.4) is 0 Å². The number of anilines is 1. The summed E-state index contributed by atoms with van der Waals surface area (Å²) in [6.07, 6.45) is 2.32. The highest BCUT2D eigenvalue weighted by molar-refractivity contribution is 6.30. The number of aromatic nitrogens is 4. The lowest BCUT2D eigenvalue weighted by Gasteiger charge is -2.28. The number of nitrogens with zero attached hydrogens (tertiary/aromatic N) is 5. The van der Waals surface area contributed by atoms with Gasteiger partial charge in [-0.15, -0.1) is 0 Å². The van der Waals surface area contributed by atoms with E-state index in [4.69, 9.17) is 16.3 Å². The lowest BCUT2D eigenvalue weighted by Crippen LogP contribution is -2.37. The number of benzene rings is 1. The fourth-order valence-corrected chi connectivity index (χ4v) is 3.10. The minimum atomic E-state index is -0.617. The molecule has 1 aromatic carbocycles. The monoisotopic (exact) mass is 387 g/mol. The van der Waals surface area contributed by atoms with E-state index < -0.39 is 6.67 Å². The van der Waals surface area contributed by atoms with Gasteiger partial charge in [-0.3, -0.25) is 0 Å². The predicted molar refractivity (Wildman–Crippen MR) is 101 cm³/mol. The smallest absolute Gasteiger partial charge is 0.252 e. The maximum absolute atomic E-state index is 12.9. The average molecular weight is 388 g/mol. The number of ether oxygens (including phenoxy) is 1. The molecule has 1 aliphatic rings. The zero-order valence-electron chi connectivity index (χ0n) is 14.7. The molecular weight excluding hydrogens is 369 g/mol. The summed E-state index contributed by atoms with van der Waals surface area (Å²) in [5, 5.41) is 4.90. The topological polar surface area (TPSA) is 56.1 Å². The first kappa shape index (κ1) is 17.9. The number of hydrogen-bond acceptors (Lipinski definition) is 5. The Balaban J connectivity index is 1.69. The van der Waals surface area contributed by atoms with Crippen molar-refractivity contribution in [2.24, 2.45) is 0 Å². The fourth-order valence-electron chi connectivity index (χ4n) is 2.97. The van der Waals surface area contributed by atoms with E-state index in [-0.39, 0.29) is 0 Å². The molecule has 0 bridgehead atoms. The van der Waals surface area contributed by atoms with Crippen molar-refractivity contribution in [3.05, 3.63) is 64.6 Å². The van der Waals surface area contributed by atoms with Gasteiger partial charge in [0.1, 0.15) is 12.5 Å². The van der Waals surface area contributed by atoms with Crippen molar-refractivity contribution < 1.29 is 9.13 Å². The van der Waals surface area contributed by atoms with Gasteiger partial charge in [0.25, 0.3) is 5.95 Å². The van der Waals surface area contributed by atoms with Crippen molar-refractivity contribution in [3.8, 4) is 5.95 Å². The van der Waals surface area contributed by atoms with E-state index in [2.05, 4.69) is 20.0 Å². The van der Waals surface area contributed by atoms with Crippen LogP contribution in [0, 0.1) is 0 Å². The summed E-state index contributed by atoms with van der Waals surface area (Å²) in [5.41, 5.74) is 2.32. The lowest BCUT2D eigenvalue weighted by atomic mass is 10.1. The molecule has 0 aliphatic carbocycles. The van der Waals surface area contributed by atoms with Crippen molar-refractivity contribution in [1.82, 2.24) is 19.7 Å². The molecule has 2 aromatic heterocycles. The van der Waals surface area contributed by atoms with Crippen molar-refractivity contribution in [3.63, 3.8) is 0 Å². The zero-order valence-corrected chi connectivity index (χ0v) is 15.4. The Morgan fingerprint density at radius 2 is 1.81 bits per heavy atom. The van der Waals surface area contributed by atoms with Crippen molar-refractivity contribution in [1.29, 1.82) is 0 Å². The Morgan fingerprint density at radius 1 is 1.04 bits per heavy atom. The Hall–Kier alpha value is -2.51. The molecule has 27 heavy (non-hydrogen) atoms. The highest BCUT2D eigenvalue weighted by Crippen LogP contribution is 2.19. The molecule has 0 radical (unpaired) electrons. The summed E-state index contributed by atoms with van der Waals surface area (Å²) in [4.78, 5) is 11.5. The number of alkyl halides is 1. The molecule has 3 heterocycles. The Morgan fingerprint density at radius 3 is 2.52 bits per heavy atom. The van der Waals surface area contributed by atoms with E-state index in [0.29, 0.717) is 36.3 Å². The van der Waals surface area contributed by atoms with Crippen LogP contribution in [0.25, 0.3) is 5.95 Å². The maximum Gasteiger partial charge on any atom is 0.252 e. The fraction of sp³-hybridized carbons (Fsp3) is 0.316.